The van der Waals surface area contributed by atoms with Crippen molar-refractivity contribution in [2.45, 2.75) is 26.2 Å². The van der Waals surface area contributed by atoms with Crippen LogP contribution in [0.25, 0.3) is 10.9 Å². The predicted molar refractivity (Wildman–Crippen MR) is 139 cm³/mol. The van der Waals surface area contributed by atoms with Gasteiger partial charge in [-0.1, -0.05) is 44.5 Å². The Labute approximate surface area is 210 Å². The van der Waals surface area contributed by atoms with E-state index in [0.29, 0.717) is 56.2 Å². The number of anilines is 2. The van der Waals surface area contributed by atoms with E-state index in [0.717, 1.165) is 0 Å². The van der Waals surface area contributed by atoms with E-state index < -0.39 is 5.44 Å². The van der Waals surface area contributed by atoms with Crippen LogP contribution >= 0.6 is 11.6 Å². The van der Waals surface area contributed by atoms with Crippen LogP contribution in [0.15, 0.2) is 54.5 Å². The van der Waals surface area contributed by atoms with Crippen molar-refractivity contribution < 1.29 is 0 Å². The van der Waals surface area contributed by atoms with Gasteiger partial charge in [0, 0.05) is 30.0 Å². The van der Waals surface area contributed by atoms with Crippen molar-refractivity contribution in [2.24, 2.45) is 5.41 Å². The first-order valence-electron chi connectivity index (χ1n) is 11.0. The van der Waals surface area contributed by atoms with Crippen LogP contribution in [0, 0.1) is 28.1 Å². The molecule has 0 saturated heterocycles. The lowest BCUT2D eigenvalue weighted by atomic mass is 9.69. The van der Waals surface area contributed by atoms with Gasteiger partial charge in [-0.2, -0.15) is 16.1 Å². The van der Waals surface area contributed by atoms with Crippen LogP contribution in [0.1, 0.15) is 37.5 Å². The Morgan fingerprint density at radius 3 is 2.60 bits per heavy atom. The molecule has 0 saturated carbocycles. The Kier molecular flexibility index (Phi) is 6.49. The highest BCUT2D eigenvalue weighted by Crippen LogP contribution is 2.37. The van der Waals surface area contributed by atoms with Crippen molar-refractivity contribution in [3.8, 4) is 12.1 Å². The van der Waals surface area contributed by atoms with Gasteiger partial charge < -0.3 is 21.5 Å². The van der Waals surface area contributed by atoms with E-state index >= 15 is 0 Å². The fourth-order valence-corrected chi connectivity index (χ4v) is 4.05. The van der Waals surface area contributed by atoms with Gasteiger partial charge in [-0.3, -0.25) is 4.98 Å². The maximum absolute atomic E-state index is 9.72. The van der Waals surface area contributed by atoms with Gasteiger partial charge in [-0.25, -0.2) is 0 Å². The van der Waals surface area contributed by atoms with Crippen molar-refractivity contribution in [1.29, 1.82) is 10.5 Å². The Balaban J connectivity index is 1.85. The van der Waals surface area contributed by atoms with Crippen molar-refractivity contribution in [3.63, 3.8) is 0 Å². The van der Waals surface area contributed by atoms with E-state index in [1.807, 2.05) is 12.1 Å². The molecule has 2 heterocycles. The lowest BCUT2D eigenvalue weighted by Crippen LogP contribution is -2.44. The van der Waals surface area contributed by atoms with Crippen LogP contribution in [0.2, 0.25) is 5.02 Å². The number of fused-ring (bicyclic) bond motifs is 1. The minimum absolute atomic E-state index is 0.0131. The molecule has 0 bridgehead atoms. The molecule has 0 amide bonds. The number of hydrazine groups is 2. The zero-order chi connectivity index (χ0) is 25.2. The van der Waals surface area contributed by atoms with Gasteiger partial charge in [0.2, 0.25) is 0 Å². The monoisotopic (exact) mass is 482 g/mol. The highest BCUT2D eigenvalue weighted by atomic mass is 35.5. The number of aromatic nitrogens is 1. The number of hydrogen-bond acceptors (Lipinski definition) is 8. The lowest BCUT2D eigenvalue weighted by molar-refractivity contribution is 0.443. The van der Waals surface area contributed by atoms with E-state index in [4.69, 9.17) is 19.4 Å². The van der Waals surface area contributed by atoms with Crippen LogP contribution in [-0.4, -0.2) is 19.4 Å². The summed E-state index contributed by atoms with van der Waals surface area (Å²) in [5.74, 6) is 0. The number of benzene rings is 2. The zero-order valence-corrected chi connectivity index (χ0v) is 20.4. The topological polar surface area (TPSA) is 121 Å². The van der Waals surface area contributed by atoms with E-state index in [1.54, 1.807) is 30.5 Å². The highest BCUT2D eigenvalue weighted by molar-refractivity contribution is 6.36. The summed E-state index contributed by atoms with van der Waals surface area (Å²) in [6.45, 7) is 6.97. The molecule has 0 aliphatic carbocycles. The average Bonchev–Trinajstić information content (AvgIpc) is 3.37. The number of rotatable bonds is 6. The summed E-state index contributed by atoms with van der Waals surface area (Å²) >= 11 is 6.65. The molecule has 1 aliphatic rings. The summed E-state index contributed by atoms with van der Waals surface area (Å²) in [6, 6.07) is 15.0. The number of nitriles is 2. The van der Waals surface area contributed by atoms with Crippen molar-refractivity contribution in [1.82, 2.24) is 21.4 Å². The number of nitrogens with one attached hydrogen (secondary N) is 5. The molecule has 1 atom stereocenters. The molecular formula is C25H24BClN8. The molecule has 10 heteroatoms. The van der Waals surface area contributed by atoms with Gasteiger partial charge in [0.25, 0.3) is 0 Å². The molecule has 5 N–H and O–H groups in total. The molecule has 1 aromatic heterocycles. The van der Waals surface area contributed by atoms with Crippen LogP contribution in [-0.2, 0) is 5.44 Å². The Morgan fingerprint density at radius 1 is 1.14 bits per heavy atom. The predicted octanol–water partition coefficient (Wildman–Crippen LogP) is 3.98. The standard InChI is InChI=1S/C25H24BClN8/c1-24(2,3)14-31-22-16(11-29)12-30-23-19(22)8-18(9-20(23)27)33-25(26,21-13-32-35-34-21)17-6-4-5-15(7-17)10-28/h4-9,12-13,32-35H,14H2,1-3H3,(H,30,31). The SMILES string of the molecule is [B]C(Nc1cc(Cl)c2ncc(C#N)c(NCC(C)(C)C)c2c1)(C1=CNNN1)c1cccc(C#N)c1. The second kappa shape index (κ2) is 9.38. The summed E-state index contributed by atoms with van der Waals surface area (Å²) in [5.41, 5.74) is 11.4. The summed E-state index contributed by atoms with van der Waals surface area (Å²) in [4.78, 5) is 4.42. The second-order valence-corrected chi connectivity index (χ2v) is 9.91. The molecule has 2 radical (unpaired) electrons. The fourth-order valence-electron chi connectivity index (χ4n) is 3.78. The largest absolute Gasteiger partial charge is 0.383 e. The van der Waals surface area contributed by atoms with Crippen LogP contribution in [0.3, 0.4) is 0 Å². The summed E-state index contributed by atoms with van der Waals surface area (Å²) in [7, 11) is 6.93. The van der Waals surface area contributed by atoms with Crippen LogP contribution in [0.4, 0.5) is 11.4 Å². The van der Waals surface area contributed by atoms with Gasteiger partial charge in [0.15, 0.2) is 0 Å². The van der Waals surface area contributed by atoms with Crippen LogP contribution in [0.5, 0.6) is 0 Å². The van der Waals surface area contributed by atoms with Gasteiger partial charge in [-0.15, -0.1) is 0 Å². The summed E-state index contributed by atoms with van der Waals surface area (Å²) < 4.78 is 0. The minimum atomic E-state index is -1.25. The van der Waals surface area contributed by atoms with Gasteiger partial charge in [-0.05, 0) is 35.2 Å². The van der Waals surface area contributed by atoms with Gasteiger partial charge in [0.05, 0.1) is 44.6 Å². The molecule has 2 aromatic carbocycles. The van der Waals surface area contributed by atoms with Gasteiger partial charge >= 0.3 is 0 Å². The molecule has 1 unspecified atom stereocenters. The Bertz CT molecular complexity index is 1400. The Hall–Kier alpha value is -3.92. The molecule has 1 aliphatic heterocycles. The first kappa shape index (κ1) is 24.2. The normalized spacial score (nSPS) is 14.6. The van der Waals surface area contributed by atoms with Crippen molar-refractivity contribution in [2.75, 3.05) is 17.2 Å². The average molecular weight is 483 g/mol. The first-order valence-corrected chi connectivity index (χ1v) is 11.3. The second-order valence-electron chi connectivity index (χ2n) is 9.51. The third-order valence-electron chi connectivity index (χ3n) is 5.54. The molecule has 3 aromatic rings. The number of halogens is 1. The smallest absolute Gasteiger partial charge is 0.119 e. The Morgan fingerprint density at radius 2 is 1.94 bits per heavy atom. The van der Waals surface area contributed by atoms with Crippen molar-refractivity contribution >= 4 is 41.7 Å². The number of pyridine rings is 1. The van der Waals surface area contributed by atoms with Crippen LogP contribution < -0.4 is 27.0 Å². The molecule has 0 spiro atoms. The lowest BCUT2D eigenvalue weighted by Gasteiger charge is -2.34. The maximum Gasteiger partial charge on any atom is 0.119 e. The zero-order valence-electron chi connectivity index (χ0n) is 19.6. The summed E-state index contributed by atoms with van der Waals surface area (Å²) in [5, 5.41) is 27.0. The molecule has 4 rings (SSSR count). The van der Waals surface area contributed by atoms with E-state index in [1.165, 1.54) is 6.20 Å². The number of nitrogens with zero attached hydrogens (tertiary/aromatic N) is 3. The third-order valence-corrected chi connectivity index (χ3v) is 5.83. The van der Waals surface area contributed by atoms with E-state index in [-0.39, 0.29) is 5.41 Å². The quantitative estimate of drug-likeness (QED) is 0.335. The molecule has 174 valence electrons. The van der Waals surface area contributed by atoms with Crippen molar-refractivity contribution in [3.05, 3.63) is 76.2 Å². The van der Waals surface area contributed by atoms with E-state index in [2.05, 4.69) is 64.9 Å². The fraction of sp³-hybridized carbons (Fsp3) is 0.240. The third kappa shape index (κ3) is 4.97. The van der Waals surface area contributed by atoms with Gasteiger partial charge in [0.1, 0.15) is 13.9 Å². The first-order chi connectivity index (χ1) is 16.6. The summed E-state index contributed by atoms with van der Waals surface area (Å²) in [6.07, 6.45) is 3.22. The molecular weight excluding hydrogens is 459 g/mol. The maximum atomic E-state index is 9.72. The molecule has 0 fully saturated rings. The van der Waals surface area contributed by atoms with E-state index in [9.17, 15) is 10.5 Å². The minimum Gasteiger partial charge on any atom is -0.383 e. The molecule has 35 heavy (non-hydrogen) atoms. The number of hydrogen-bond donors (Lipinski definition) is 5. The molecule has 8 nitrogen and oxygen atoms in total. The highest BCUT2D eigenvalue weighted by Gasteiger charge is 2.33.